The van der Waals surface area contributed by atoms with E-state index in [-0.39, 0.29) is 25.4 Å². The molecule has 0 aromatic rings. The summed E-state index contributed by atoms with van der Waals surface area (Å²) in [5.74, 6) is -0.181. The van der Waals surface area contributed by atoms with E-state index in [0.717, 1.165) is 0 Å². The van der Waals surface area contributed by atoms with Gasteiger partial charge in [-0.15, -0.1) is 0 Å². The highest BCUT2D eigenvalue weighted by molar-refractivity contribution is 5.75. The number of amides is 1. The third-order valence-corrected chi connectivity index (χ3v) is 1.39. The first-order valence-corrected chi connectivity index (χ1v) is 3.94. The van der Waals surface area contributed by atoms with E-state index in [9.17, 15) is 18.0 Å². The molecule has 13 heavy (non-hydrogen) atoms. The Balaban J connectivity index is 3.22. The van der Waals surface area contributed by atoms with Crippen molar-refractivity contribution in [3.8, 4) is 0 Å². The van der Waals surface area contributed by atoms with E-state index in [1.807, 2.05) is 0 Å². The molecule has 0 saturated heterocycles. The third-order valence-electron chi connectivity index (χ3n) is 1.39. The van der Waals surface area contributed by atoms with Gasteiger partial charge in [0.25, 0.3) is 0 Å². The summed E-state index contributed by atoms with van der Waals surface area (Å²) in [5, 5.41) is 4.90. The van der Waals surface area contributed by atoms with Gasteiger partial charge in [-0.05, 0) is 0 Å². The molecule has 0 fully saturated rings. The average Bonchev–Trinajstić information content (AvgIpc) is 2.01. The highest BCUT2D eigenvalue weighted by Gasteiger charge is 2.25. The van der Waals surface area contributed by atoms with Crippen molar-refractivity contribution in [2.24, 2.45) is 0 Å². The maximum atomic E-state index is 11.6. The maximum absolute atomic E-state index is 11.6. The average molecular weight is 198 g/mol. The number of halogens is 3. The summed E-state index contributed by atoms with van der Waals surface area (Å²) in [4.78, 5) is 10.6. The van der Waals surface area contributed by atoms with E-state index in [2.05, 4.69) is 10.6 Å². The summed E-state index contributed by atoms with van der Waals surface area (Å²) >= 11 is 0. The predicted octanol–water partition coefficient (Wildman–Crippen LogP) is 0.664. The van der Waals surface area contributed by atoms with Gasteiger partial charge in [-0.25, -0.2) is 0 Å². The molecule has 78 valence electrons. The zero-order chi connectivity index (χ0) is 10.3. The number of carbonyl (C=O) groups excluding carboxylic acids is 1. The van der Waals surface area contributed by atoms with Crippen LogP contribution in [0.25, 0.3) is 0 Å². The predicted molar refractivity (Wildman–Crippen MR) is 42.2 cm³/mol. The molecule has 0 aromatic carbocycles. The van der Waals surface area contributed by atoms with Crippen molar-refractivity contribution in [2.45, 2.75) is 19.0 Å². The smallest absolute Gasteiger partial charge is 0.359 e. The summed E-state index contributed by atoms with van der Waals surface area (Å²) in [6, 6.07) is 0. The van der Waals surface area contributed by atoms with Crippen LogP contribution in [0.2, 0.25) is 0 Å². The van der Waals surface area contributed by atoms with Gasteiger partial charge < -0.3 is 10.6 Å². The van der Waals surface area contributed by atoms with Crippen LogP contribution in [0.1, 0.15) is 12.8 Å². The summed E-state index contributed by atoms with van der Waals surface area (Å²) in [7, 11) is 1.48. The highest BCUT2D eigenvalue weighted by atomic mass is 19.4. The van der Waals surface area contributed by atoms with Crippen molar-refractivity contribution in [3.05, 3.63) is 0 Å². The molecule has 6 heteroatoms. The first kappa shape index (κ1) is 12.2. The molecule has 0 aliphatic rings. The standard InChI is InChI=1S/C7H13F3N2O/c1-11-6(13)2-4-12-5-3-7(8,9)10/h12H,2-5H2,1H3,(H,11,13). The van der Waals surface area contributed by atoms with Crippen molar-refractivity contribution in [1.29, 1.82) is 0 Å². The molecule has 0 heterocycles. The normalized spacial score (nSPS) is 11.4. The van der Waals surface area contributed by atoms with E-state index in [4.69, 9.17) is 0 Å². The largest absolute Gasteiger partial charge is 0.390 e. The van der Waals surface area contributed by atoms with E-state index < -0.39 is 12.6 Å². The maximum Gasteiger partial charge on any atom is 0.390 e. The van der Waals surface area contributed by atoms with Gasteiger partial charge in [0.05, 0.1) is 6.42 Å². The summed E-state index contributed by atoms with van der Waals surface area (Å²) < 4.78 is 34.8. The lowest BCUT2D eigenvalue weighted by Gasteiger charge is -2.06. The number of carbonyl (C=O) groups is 1. The van der Waals surface area contributed by atoms with Crippen molar-refractivity contribution in [1.82, 2.24) is 10.6 Å². The zero-order valence-corrected chi connectivity index (χ0v) is 7.37. The Morgan fingerprint density at radius 2 is 1.92 bits per heavy atom. The quantitative estimate of drug-likeness (QED) is 0.637. The van der Waals surface area contributed by atoms with Crippen molar-refractivity contribution in [2.75, 3.05) is 20.1 Å². The second-order valence-electron chi connectivity index (χ2n) is 2.54. The molecule has 0 rings (SSSR count). The Morgan fingerprint density at radius 3 is 2.38 bits per heavy atom. The molecule has 0 aliphatic carbocycles. The molecule has 0 unspecified atom stereocenters. The Labute approximate surface area is 74.7 Å². The second kappa shape index (κ2) is 5.80. The van der Waals surface area contributed by atoms with Crippen molar-refractivity contribution < 1.29 is 18.0 Å². The van der Waals surface area contributed by atoms with Crippen LogP contribution in [-0.2, 0) is 4.79 Å². The van der Waals surface area contributed by atoms with Gasteiger partial charge in [0.2, 0.25) is 5.91 Å². The minimum atomic E-state index is -4.12. The van der Waals surface area contributed by atoms with E-state index in [1.54, 1.807) is 0 Å². The van der Waals surface area contributed by atoms with Gasteiger partial charge in [-0.3, -0.25) is 4.79 Å². The summed E-state index contributed by atoms with van der Waals surface area (Å²) in [6.45, 7) is 0.135. The summed E-state index contributed by atoms with van der Waals surface area (Å²) in [5.41, 5.74) is 0. The number of nitrogens with one attached hydrogen (secondary N) is 2. The molecule has 0 aromatic heterocycles. The molecular formula is C7H13F3N2O. The van der Waals surface area contributed by atoms with Crippen LogP contribution in [0.4, 0.5) is 13.2 Å². The lowest BCUT2D eigenvalue weighted by Crippen LogP contribution is -2.27. The van der Waals surface area contributed by atoms with Gasteiger partial charge >= 0.3 is 6.18 Å². The second-order valence-corrected chi connectivity index (χ2v) is 2.54. The minimum Gasteiger partial charge on any atom is -0.359 e. The van der Waals surface area contributed by atoms with Crippen LogP contribution in [0.3, 0.4) is 0 Å². The van der Waals surface area contributed by atoms with Gasteiger partial charge in [-0.2, -0.15) is 13.2 Å². The van der Waals surface area contributed by atoms with Crippen molar-refractivity contribution >= 4 is 5.91 Å². The first-order chi connectivity index (χ1) is 5.95. The fraction of sp³-hybridized carbons (Fsp3) is 0.857. The third kappa shape index (κ3) is 9.13. The Bertz CT molecular complexity index is 158. The van der Waals surface area contributed by atoms with Gasteiger partial charge in [0.1, 0.15) is 0 Å². The molecule has 0 spiro atoms. The van der Waals surface area contributed by atoms with E-state index >= 15 is 0 Å². The molecule has 0 atom stereocenters. The Kier molecular flexibility index (Phi) is 5.45. The fourth-order valence-electron chi connectivity index (χ4n) is 0.682. The monoisotopic (exact) mass is 198 g/mol. The number of alkyl halides is 3. The van der Waals surface area contributed by atoms with Crippen LogP contribution in [0, 0.1) is 0 Å². The van der Waals surface area contributed by atoms with Crippen LogP contribution in [0.15, 0.2) is 0 Å². The van der Waals surface area contributed by atoms with Gasteiger partial charge in [0, 0.05) is 26.6 Å². The number of hydrogen-bond acceptors (Lipinski definition) is 2. The number of rotatable bonds is 5. The van der Waals surface area contributed by atoms with Crippen LogP contribution < -0.4 is 10.6 Å². The minimum absolute atomic E-state index is 0.138. The Hall–Kier alpha value is -0.780. The molecule has 2 N–H and O–H groups in total. The molecule has 0 bridgehead atoms. The fourth-order valence-corrected chi connectivity index (χ4v) is 0.682. The lowest BCUT2D eigenvalue weighted by atomic mass is 10.3. The molecular weight excluding hydrogens is 185 g/mol. The molecule has 0 aliphatic heterocycles. The number of hydrogen-bond donors (Lipinski definition) is 2. The summed E-state index contributed by atoms with van der Waals surface area (Å²) in [6.07, 6.45) is -4.78. The molecule has 3 nitrogen and oxygen atoms in total. The first-order valence-electron chi connectivity index (χ1n) is 3.94. The van der Waals surface area contributed by atoms with E-state index in [1.165, 1.54) is 7.05 Å². The van der Waals surface area contributed by atoms with Gasteiger partial charge in [0.15, 0.2) is 0 Å². The Morgan fingerprint density at radius 1 is 1.31 bits per heavy atom. The van der Waals surface area contributed by atoms with Gasteiger partial charge in [-0.1, -0.05) is 0 Å². The zero-order valence-electron chi connectivity index (χ0n) is 7.37. The molecule has 0 saturated carbocycles. The van der Waals surface area contributed by atoms with E-state index in [0.29, 0.717) is 0 Å². The van der Waals surface area contributed by atoms with Crippen LogP contribution in [-0.4, -0.2) is 32.2 Å². The topological polar surface area (TPSA) is 41.1 Å². The van der Waals surface area contributed by atoms with Crippen LogP contribution >= 0.6 is 0 Å². The lowest BCUT2D eigenvalue weighted by molar-refractivity contribution is -0.133. The molecule has 0 radical (unpaired) electrons. The highest BCUT2D eigenvalue weighted by Crippen LogP contribution is 2.17. The van der Waals surface area contributed by atoms with Crippen LogP contribution in [0.5, 0.6) is 0 Å². The van der Waals surface area contributed by atoms with Crippen molar-refractivity contribution in [3.63, 3.8) is 0 Å². The SMILES string of the molecule is CNC(=O)CCNCCC(F)(F)F. The molecule has 1 amide bonds.